The summed E-state index contributed by atoms with van der Waals surface area (Å²) in [6.45, 7) is 2.28. The summed E-state index contributed by atoms with van der Waals surface area (Å²) in [5, 5.41) is 10.5. The highest BCUT2D eigenvalue weighted by atomic mass is 19.4. The Balaban J connectivity index is 1.73. The van der Waals surface area contributed by atoms with Crippen molar-refractivity contribution in [2.24, 2.45) is 0 Å². The fraction of sp³-hybridized carbons (Fsp3) is 0.375. The van der Waals surface area contributed by atoms with Crippen molar-refractivity contribution in [3.63, 3.8) is 0 Å². The van der Waals surface area contributed by atoms with Crippen molar-refractivity contribution < 1.29 is 37.4 Å². The molecule has 1 aliphatic rings. The summed E-state index contributed by atoms with van der Waals surface area (Å²) in [5.74, 6) is -3.07. The number of alkyl halides is 3. The first-order valence-electron chi connectivity index (χ1n) is 10.7. The molecule has 0 radical (unpaired) electrons. The zero-order valence-corrected chi connectivity index (χ0v) is 18.6. The summed E-state index contributed by atoms with van der Waals surface area (Å²) >= 11 is 0. The van der Waals surface area contributed by atoms with Gasteiger partial charge in [-0.1, -0.05) is 48.5 Å². The molecule has 1 atom stereocenters. The van der Waals surface area contributed by atoms with Crippen LogP contribution in [0.3, 0.4) is 0 Å². The van der Waals surface area contributed by atoms with Gasteiger partial charge in [0, 0.05) is 18.5 Å². The van der Waals surface area contributed by atoms with Crippen LogP contribution in [0.1, 0.15) is 37.3 Å². The molecule has 7 nitrogen and oxygen atoms in total. The number of nitrogens with one attached hydrogen (secondary N) is 1. The number of fused-ring (bicyclic) bond motifs is 3. The second kappa shape index (κ2) is 10.1. The van der Waals surface area contributed by atoms with Crippen LogP contribution in [0.2, 0.25) is 0 Å². The highest BCUT2D eigenvalue weighted by molar-refractivity contribution is 5.87. The molecule has 182 valence electrons. The van der Waals surface area contributed by atoms with Crippen LogP contribution in [0.25, 0.3) is 11.1 Å². The summed E-state index contributed by atoms with van der Waals surface area (Å²) in [6, 6.07) is 11.4. The number of hydrogen-bond donors (Lipinski definition) is 2. The number of benzene rings is 2. The van der Waals surface area contributed by atoms with Crippen molar-refractivity contribution in [1.82, 2.24) is 10.2 Å². The average Bonchev–Trinajstić information content (AvgIpc) is 3.08. The van der Waals surface area contributed by atoms with E-state index in [2.05, 4.69) is 0 Å². The Labute approximate surface area is 194 Å². The Kier molecular flexibility index (Phi) is 7.48. The van der Waals surface area contributed by atoms with Crippen LogP contribution < -0.4 is 5.32 Å². The Bertz CT molecular complexity index is 1030. The quantitative estimate of drug-likeness (QED) is 0.594. The third-order valence-electron chi connectivity index (χ3n) is 5.65. The molecule has 3 rings (SSSR count). The molecule has 0 fully saturated rings. The van der Waals surface area contributed by atoms with Crippen molar-refractivity contribution in [3.05, 3.63) is 59.7 Å². The topological polar surface area (TPSA) is 95.9 Å². The average molecular weight is 478 g/mol. The van der Waals surface area contributed by atoms with Gasteiger partial charge in [0.25, 0.3) is 5.91 Å². The highest BCUT2D eigenvalue weighted by Gasteiger charge is 2.48. The number of ether oxygens (including phenoxy) is 1. The third-order valence-corrected chi connectivity index (χ3v) is 5.65. The van der Waals surface area contributed by atoms with Crippen LogP contribution in [0.5, 0.6) is 0 Å². The van der Waals surface area contributed by atoms with E-state index in [0.29, 0.717) is 0 Å². The molecule has 10 heteroatoms. The summed E-state index contributed by atoms with van der Waals surface area (Å²) in [7, 11) is 0. The largest absolute Gasteiger partial charge is 0.481 e. The molecular weight excluding hydrogens is 453 g/mol. The van der Waals surface area contributed by atoms with Crippen LogP contribution in [-0.2, 0) is 14.3 Å². The predicted octanol–water partition coefficient (Wildman–Crippen LogP) is 4.17. The number of aliphatic carboxylic acids is 1. The summed E-state index contributed by atoms with van der Waals surface area (Å²) in [6.07, 6.45) is -7.02. The molecule has 0 heterocycles. The van der Waals surface area contributed by atoms with E-state index in [-0.39, 0.29) is 12.5 Å². The second-order valence-electron chi connectivity index (χ2n) is 8.21. The standard InChI is InChI=1S/C24H25F3N2O5/c1-14(2)29(12-11-20(30)31)22(32)21(24(25,26)27)28-23(33)34-13-19-17-9-5-3-7-15(17)16-8-4-6-10-18(16)19/h3-10,14,19,21H,11-13H2,1-2H3,(H,28,33)(H,30,31). The van der Waals surface area contributed by atoms with Crippen molar-refractivity contribution >= 4 is 18.0 Å². The number of rotatable bonds is 8. The van der Waals surface area contributed by atoms with Crippen molar-refractivity contribution in [2.75, 3.05) is 13.2 Å². The molecule has 0 saturated carbocycles. The van der Waals surface area contributed by atoms with E-state index < -0.39 is 49.2 Å². The van der Waals surface area contributed by atoms with Gasteiger partial charge >= 0.3 is 18.2 Å². The number of carboxylic acid groups (broad SMARTS) is 1. The number of hydrogen-bond acceptors (Lipinski definition) is 4. The molecule has 1 aliphatic carbocycles. The van der Waals surface area contributed by atoms with Crippen molar-refractivity contribution in [3.8, 4) is 11.1 Å². The van der Waals surface area contributed by atoms with E-state index >= 15 is 0 Å². The SMILES string of the molecule is CC(C)N(CCC(=O)O)C(=O)C(NC(=O)OCC1c2ccccc2-c2ccccc21)C(F)(F)F. The molecule has 0 bridgehead atoms. The Morgan fingerprint density at radius 3 is 2.03 bits per heavy atom. The van der Waals surface area contributed by atoms with Gasteiger partial charge in [0.05, 0.1) is 6.42 Å². The van der Waals surface area contributed by atoms with Gasteiger partial charge in [-0.3, -0.25) is 9.59 Å². The Hall–Kier alpha value is -3.56. The lowest BCUT2D eigenvalue weighted by Crippen LogP contribution is -2.57. The summed E-state index contributed by atoms with van der Waals surface area (Å²) < 4.78 is 46.1. The number of carbonyl (C=O) groups is 3. The van der Waals surface area contributed by atoms with Crippen LogP contribution in [0, 0.1) is 0 Å². The van der Waals surface area contributed by atoms with Crippen LogP contribution >= 0.6 is 0 Å². The van der Waals surface area contributed by atoms with E-state index in [4.69, 9.17) is 9.84 Å². The number of alkyl carbamates (subject to hydrolysis) is 1. The van der Waals surface area contributed by atoms with Gasteiger partial charge in [0.2, 0.25) is 6.04 Å². The normalized spacial score (nSPS) is 13.7. The first kappa shape index (κ1) is 25.1. The fourth-order valence-corrected chi connectivity index (χ4v) is 4.05. The van der Waals surface area contributed by atoms with Crippen LogP contribution in [0.4, 0.5) is 18.0 Å². The van der Waals surface area contributed by atoms with Gasteiger partial charge in [-0.2, -0.15) is 13.2 Å². The molecule has 0 saturated heterocycles. The zero-order valence-electron chi connectivity index (χ0n) is 18.6. The molecule has 2 aromatic carbocycles. The molecule has 1 unspecified atom stereocenters. The van der Waals surface area contributed by atoms with E-state index in [1.165, 1.54) is 13.8 Å². The summed E-state index contributed by atoms with van der Waals surface area (Å²) in [4.78, 5) is 36.6. The Morgan fingerprint density at radius 1 is 1.03 bits per heavy atom. The molecule has 0 aliphatic heterocycles. The second-order valence-corrected chi connectivity index (χ2v) is 8.21. The monoisotopic (exact) mass is 478 g/mol. The molecule has 2 amide bonds. The number of carboxylic acids is 1. The minimum absolute atomic E-state index is 0.217. The number of nitrogens with zero attached hydrogens (tertiary/aromatic N) is 1. The van der Waals surface area contributed by atoms with Gasteiger partial charge in [-0.05, 0) is 36.1 Å². The first-order valence-corrected chi connectivity index (χ1v) is 10.7. The van der Waals surface area contributed by atoms with Gasteiger partial charge in [0.15, 0.2) is 0 Å². The molecule has 2 aromatic rings. The molecule has 0 spiro atoms. The lowest BCUT2D eigenvalue weighted by Gasteiger charge is -2.31. The van der Waals surface area contributed by atoms with Crippen molar-refractivity contribution in [2.45, 2.75) is 44.4 Å². The van der Waals surface area contributed by atoms with Crippen LogP contribution in [-0.4, -0.2) is 59.4 Å². The maximum Gasteiger partial charge on any atom is 0.417 e. The maximum absolute atomic E-state index is 13.7. The van der Waals surface area contributed by atoms with E-state index in [0.717, 1.165) is 27.2 Å². The van der Waals surface area contributed by atoms with Crippen molar-refractivity contribution in [1.29, 1.82) is 0 Å². The molecule has 2 N–H and O–H groups in total. The van der Waals surface area contributed by atoms with E-state index in [1.54, 1.807) is 5.32 Å². The molecular formula is C24H25F3N2O5. The third kappa shape index (κ3) is 5.49. The maximum atomic E-state index is 13.7. The smallest absolute Gasteiger partial charge is 0.417 e. The fourth-order valence-electron chi connectivity index (χ4n) is 4.05. The van der Waals surface area contributed by atoms with Gasteiger partial charge in [-0.25, -0.2) is 4.79 Å². The summed E-state index contributed by atoms with van der Waals surface area (Å²) in [5.41, 5.74) is 3.70. The lowest BCUT2D eigenvalue weighted by molar-refractivity contribution is -0.175. The first-order chi connectivity index (χ1) is 16.0. The number of amides is 2. The zero-order chi connectivity index (χ0) is 25.0. The molecule has 0 aromatic heterocycles. The number of halogens is 3. The van der Waals surface area contributed by atoms with Gasteiger partial charge < -0.3 is 20.1 Å². The predicted molar refractivity (Wildman–Crippen MR) is 117 cm³/mol. The van der Waals surface area contributed by atoms with E-state index in [9.17, 15) is 27.6 Å². The Morgan fingerprint density at radius 2 is 1.56 bits per heavy atom. The van der Waals surface area contributed by atoms with Gasteiger partial charge in [-0.15, -0.1) is 0 Å². The lowest BCUT2D eigenvalue weighted by atomic mass is 9.98. The van der Waals surface area contributed by atoms with Gasteiger partial charge in [0.1, 0.15) is 6.61 Å². The number of carbonyl (C=O) groups excluding carboxylic acids is 2. The minimum atomic E-state index is -5.10. The minimum Gasteiger partial charge on any atom is -0.481 e. The van der Waals surface area contributed by atoms with Crippen LogP contribution in [0.15, 0.2) is 48.5 Å². The molecule has 34 heavy (non-hydrogen) atoms. The van der Waals surface area contributed by atoms with E-state index in [1.807, 2.05) is 48.5 Å². The highest BCUT2D eigenvalue weighted by Crippen LogP contribution is 2.44.